The Hall–Kier alpha value is -1.55. The van der Waals surface area contributed by atoms with Gasteiger partial charge in [-0.2, -0.15) is 0 Å². The minimum Gasteiger partial charge on any atom is -0.496 e. The maximum Gasteiger partial charge on any atom is 0.130 e. The van der Waals surface area contributed by atoms with E-state index in [0.29, 0.717) is 11.3 Å². The predicted octanol–water partition coefficient (Wildman–Crippen LogP) is 1.97. The van der Waals surface area contributed by atoms with E-state index < -0.39 is 0 Å². The number of hydrogen-bond donors (Lipinski definition) is 2. The molecule has 18 heavy (non-hydrogen) atoms. The Bertz CT molecular complexity index is 425. The maximum absolute atomic E-state index is 7.49. The monoisotopic (exact) mass is 247 g/mol. The van der Waals surface area contributed by atoms with Gasteiger partial charge in [0.15, 0.2) is 0 Å². The van der Waals surface area contributed by atoms with E-state index in [1.54, 1.807) is 7.11 Å². The number of nitrogens with one attached hydrogen (secondary N) is 1. The molecule has 0 bridgehead atoms. The van der Waals surface area contributed by atoms with E-state index >= 15 is 0 Å². The molecule has 4 nitrogen and oxygen atoms in total. The maximum atomic E-state index is 7.49. The van der Waals surface area contributed by atoms with Gasteiger partial charge in [-0.1, -0.05) is 12.5 Å². The summed E-state index contributed by atoms with van der Waals surface area (Å²) in [6.45, 7) is 3.31. The summed E-state index contributed by atoms with van der Waals surface area (Å²) in [6, 6.07) is 5.90. The molecule has 0 spiro atoms. The molecule has 0 aliphatic carbocycles. The Kier molecular flexibility index (Phi) is 4.20. The molecule has 0 atom stereocenters. The minimum atomic E-state index is 0.0522. The first-order valence-electron chi connectivity index (χ1n) is 6.44. The van der Waals surface area contributed by atoms with Crippen molar-refractivity contribution in [3.05, 3.63) is 29.3 Å². The number of amidine groups is 1. The van der Waals surface area contributed by atoms with E-state index in [-0.39, 0.29) is 5.84 Å². The van der Waals surface area contributed by atoms with Crippen molar-refractivity contribution in [1.82, 2.24) is 4.90 Å². The summed E-state index contributed by atoms with van der Waals surface area (Å²) in [4.78, 5) is 2.46. The van der Waals surface area contributed by atoms with Crippen LogP contribution in [-0.2, 0) is 6.54 Å². The average Bonchev–Trinajstić information content (AvgIpc) is 2.39. The normalized spacial score (nSPS) is 16.5. The van der Waals surface area contributed by atoms with Gasteiger partial charge in [0.05, 0.1) is 12.7 Å². The summed E-state index contributed by atoms with van der Waals surface area (Å²) < 4.78 is 5.30. The lowest BCUT2D eigenvalue weighted by molar-refractivity contribution is 0.220. The fourth-order valence-electron chi connectivity index (χ4n) is 2.43. The highest BCUT2D eigenvalue weighted by Crippen LogP contribution is 2.21. The second-order valence-electron chi connectivity index (χ2n) is 4.79. The van der Waals surface area contributed by atoms with Crippen molar-refractivity contribution >= 4 is 5.84 Å². The molecule has 0 unspecified atom stereocenters. The molecule has 2 rings (SSSR count). The van der Waals surface area contributed by atoms with E-state index in [1.165, 1.54) is 37.9 Å². The second-order valence-corrected chi connectivity index (χ2v) is 4.79. The van der Waals surface area contributed by atoms with E-state index in [1.807, 2.05) is 18.2 Å². The van der Waals surface area contributed by atoms with Crippen LogP contribution >= 0.6 is 0 Å². The van der Waals surface area contributed by atoms with Crippen molar-refractivity contribution < 1.29 is 4.74 Å². The van der Waals surface area contributed by atoms with Crippen molar-refractivity contribution in [2.45, 2.75) is 25.8 Å². The molecule has 0 amide bonds. The fourth-order valence-corrected chi connectivity index (χ4v) is 2.43. The van der Waals surface area contributed by atoms with Gasteiger partial charge in [0.2, 0.25) is 0 Å². The van der Waals surface area contributed by atoms with Crippen LogP contribution in [0, 0.1) is 5.41 Å². The van der Waals surface area contributed by atoms with E-state index in [0.717, 1.165) is 6.54 Å². The smallest absolute Gasteiger partial charge is 0.130 e. The van der Waals surface area contributed by atoms with Crippen molar-refractivity contribution in [2.75, 3.05) is 20.2 Å². The molecule has 0 aromatic heterocycles. The molecular formula is C14H21N3O. The van der Waals surface area contributed by atoms with E-state index in [2.05, 4.69) is 4.90 Å². The number of likely N-dealkylation sites (tertiary alicyclic amines) is 1. The highest BCUT2D eigenvalue weighted by molar-refractivity contribution is 5.97. The number of benzene rings is 1. The van der Waals surface area contributed by atoms with Crippen LogP contribution in [0.4, 0.5) is 0 Å². The van der Waals surface area contributed by atoms with Crippen molar-refractivity contribution in [2.24, 2.45) is 5.73 Å². The van der Waals surface area contributed by atoms with Crippen molar-refractivity contribution in [3.63, 3.8) is 0 Å². The van der Waals surface area contributed by atoms with Crippen LogP contribution in [0.2, 0.25) is 0 Å². The van der Waals surface area contributed by atoms with Gasteiger partial charge in [0, 0.05) is 6.54 Å². The first-order chi connectivity index (χ1) is 8.70. The fraction of sp³-hybridized carbons (Fsp3) is 0.500. The predicted molar refractivity (Wildman–Crippen MR) is 73.1 cm³/mol. The van der Waals surface area contributed by atoms with Crippen LogP contribution in [-0.4, -0.2) is 30.9 Å². The van der Waals surface area contributed by atoms with E-state index in [4.69, 9.17) is 15.9 Å². The van der Waals surface area contributed by atoms with E-state index in [9.17, 15) is 0 Å². The zero-order valence-electron chi connectivity index (χ0n) is 10.9. The highest BCUT2D eigenvalue weighted by Gasteiger charge is 2.12. The molecule has 1 aliphatic heterocycles. The summed E-state index contributed by atoms with van der Waals surface area (Å²) in [5.41, 5.74) is 7.40. The Balaban J connectivity index is 2.11. The topological polar surface area (TPSA) is 62.3 Å². The molecule has 98 valence electrons. The number of nitrogens with two attached hydrogens (primary N) is 1. The first kappa shape index (κ1) is 12.9. The third-order valence-electron chi connectivity index (χ3n) is 3.41. The molecule has 1 fully saturated rings. The number of nitrogens with zero attached hydrogens (tertiary/aromatic N) is 1. The number of rotatable bonds is 4. The summed E-state index contributed by atoms with van der Waals surface area (Å²) in [5.74, 6) is 0.744. The van der Waals surface area contributed by atoms with Gasteiger partial charge in [-0.25, -0.2) is 0 Å². The molecule has 0 radical (unpaired) electrons. The molecule has 1 heterocycles. The molecule has 1 aromatic carbocycles. The Morgan fingerprint density at radius 1 is 1.33 bits per heavy atom. The molecule has 4 heteroatoms. The largest absolute Gasteiger partial charge is 0.496 e. The van der Waals surface area contributed by atoms with Crippen LogP contribution in [0.1, 0.15) is 30.4 Å². The summed E-state index contributed by atoms with van der Waals surface area (Å²) in [7, 11) is 1.62. The van der Waals surface area contributed by atoms with Gasteiger partial charge in [-0.05, 0) is 43.6 Å². The third kappa shape index (κ3) is 3.01. The van der Waals surface area contributed by atoms with Gasteiger partial charge in [0.25, 0.3) is 0 Å². The third-order valence-corrected chi connectivity index (χ3v) is 3.41. The molecule has 1 aromatic rings. The van der Waals surface area contributed by atoms with Crippen molar-refractivity contribution in [1.29, 1.82) is 5.41 Å². The SMILES string of the molecule is COc1cc(CN2CCCCC2)ccc1C(=N)N. The Morgan fingerprint density at radius 2 is 2.06 bits per heavy atom. The minimum absolute atomic E-state index is 0.0522. The number of ether oxygens (including phenoxy) is 1. The number of nitrogen functional groups attached to an aromatic ring is 1. The van der Waals surface area contributed by atoms with Crippen LogP contribution in [0.3, 0.4) is 0 Å². The summed E-state index contributed by atoms with van der Waals surface area (Å²) >= 11 is 0. The number of methoxy groups -OCH3 is 1. The Labute approximate surface area is 108 Å². The zero-order chi connectivity index (χ0) is 13.0. The van der Waals surface area contributed by atoms with Gasteiger partial charge in [-0.15, -0.1) is 0 Å². The van der Waals surface area contributed by atoms with Gasteiger partial charge < -0.3 is 10.5 Å². The van der Waals surface area contributed by atoms with Gasteiger partial charge >= 0.3 is 0 Å². The lowest BCUT2D eigenvalue weighted by atomic mass is 10.1. The van der Waals surface area contributed by atoms with Gasteiger partial charge in [0.1, 0.15) is 11.6 Å². The standard InChI is InChI=1S/C14H21N3O/c1-18-13-9-11(5-6-12(13)14(15)16)10-17-7-3-2-4-8-17/h5-6,9H,2-4,7-8,10H2,1H3,(H3,15,16). The zero-order valence-corrected chi connectivity index (χ0v) is 10.9. The molecule has 3 N–H and O–H groups in total. The van der Waals surface area contributed by atoms with Crippen LogP contribution in [0.15, 0.2) is 18.2 Å². The highest BCUT2D eigenvalue weighted by atomic mass is 16.5. The average molecular weight is 247 g/mol. The second kappa shape index (κ2) is 5.87. The van der Waals surface area contributed by atoms with Crippen LogP contribution in [0.25, 0.3) is 0 Å². The van der Waals surface area contributed by atoms with Crippen LogP contribution < -0.4 is 10.5 Å². The summed E-state index contributed by atoms with van der Waals surface area (Å²) in [6.07, 6.45) is 3.94. The molecular weight excluding hydrogens is 226 g/mol. The molecule has 0 saturated carbocycles. The summed E-state index contributed by atoms with van der Waals surface area (Å²) in [5, 5.41) is 7.49. The first-order valence-corrected chi connectivity index (χ1v) is 6.44. The lowest BCUT2D eigenvalue weighted by Crippen LogP contribution is -2.29. The number of hydrogen-bond acceptors (Lipinski definition) is 3. The number of piperidine rings is 1. The molecule has 1 saturated heterocycles. The quantitative estimate of drug-likeness (QED) is 0.631. The lowest BCUT2D eigenvalue weighted by Gasteiger charge is -2.26. The molecule has 1 aliphatic rings. The van der Waals surface area contributed by atoms with Crippen LogP contribution in [0.5, 0.6) is 5.75 Å². The Morgan fingerprint density at radius 3 is 2.67 bits per heavy atom. The van der Waals surface area contributed by atoms with Gasteiger partial charge in [-0.3, -0.25) is 10.3 Å². The van der Waals surface area contributed by atoms with Crippen molar-refractivity contribution in [3.8, 4) is 5.75 Å².